The largest absolute Gasteiger partial charge is 0.595 e. The molecule has 0 aliphatic carbocycles. The summed E-state index contributed by atoms with van der Waals surface area (Å²) >= 11 is 0. The lowest BCUT2D eigenvalue weighted by Crippen LogP contribution is -2.99. The van der Waals surface area contributed by atoms with Crippen molar-refractivity contribution in [1.29, 1.82) is 0 Å². The molecule has 1 saturated heterocycles. The van der Waals surface area contributed by atoms with Crippen molar-refractivity contribution in [3.8, 4) is 0 Å². The van der Waals surface area contributed by atoms with Crippen LogP contribution in [0.15, 0.2) is 35.5 Å². The van der Waals surface area contributed by atoms with E-state index >= 15 is 0 Å². The molecule has 0 amide bonds. The van der Waals surface area contributed by atoms with Crippen LogP contribution in [0, 0.1) is 11.1 Å². The molecule has 0 saturated carbocycles. The smallest absolute Gasteiger partial charge is 0.336 e. The third-order valence-electron chi connectivity index (χ3n) is 5.93. The van der Waals surface area contributed by atoms with Gasteiger partial charge < -0.3 is 29.4 Å². The highest BCUT2D eigenvalue weighted by Crippen LogP contribution is 2.52. The van der Waals surface area contributed by atoms with E-state index < -0.39 is 46.7 Å². The second-order valence-corrected chi connectivity index (χ2v) is 7.49. The first kappa shape index (κ1) is 22.7. The topological polar surface area (TPSA) is 150 Å². The number of carbonyl (C=O) groups is 3. The normalized spacial score (nSPS) is 28.7. The molecular formula is C20H24N2O9. The van der Waals surface area contributed by atoms with Crippen molar-refractivity contribution < 1.29 is 44.1 Å². The van der Waals surface area contributed by atoms with Gasteiger partial charge in [0.15, 0.2) is 17.5 Å². The van der Waals surface area contributed by atoms with E-state index in [0.717, 1.165) is 0 Å². The summed E-state index contributed by atoms with van der Waals surface area (Å²) < 4.78 is 15.8. The summed E-state index contributed by atoms with van der Waals surface area (Å²) in [6.45, 7) is 2.90. The van der Waals surface area contributed by atoms with Gasteiger partial charge in [-0.15, -0.1) is 0 Å². The minimum absolute atomic E-state index is 0.0358. The standard InChI is InChI=1S/C20H24N2O9/c1-10-14(18(25)29-3)15(11-6-5-7-12(8-11)22(27)28)16(19(26)30-4)20(2)21(10)13(9-31-20)17(23)24/h5-8,13,15-16,22,27H,9H2,1-4H3,(H,23,24). The molecule has 1 aromatic rings. The van der Waals surface area contributed by atoms with Crippen molar-refractivity contribution in [3.05, 3.63) is 46.3 Å². The molecule has 0 spiro atoms. The Morgan fingerprint density at radius 1 is 1.29 bits per heavy atom. The molecule has 5 atom stereocenters. The van der Waals surface area contributed by atoms with Crippen LogP contribution in [0.3, 0.4) is 0 Å². The minimum Gasteiger partial charge on any atom is -0.595 e. The van der Waals surface area contributed by atoms with E-state index in [0.29, 0.717) is 5.56 Å². The Morgan fingerprint density at radius 3 is 2.52 bits per heavy atom. The molecule has 11 heteroatoms. The fourth-order valence-electron chi connectivity index (χ4n) is 4.61. The molecule has 0 radical (unpaired) electrons. The molecule has 0 aromatic heterocycles. The maximum Gasteiger partial charge on any atom is 0.336 e. The zero-order valence-electron chi connectivity index (χ0n) is 17.4. The Morgan fingerprint density at radius 2 is 1.97 bits per heavy atom. The van der Waals surface area contributed by atoms with Crippen LogP contribution in [0.2, 0.25) is 0 Å². The fourth-order valence-corrected chi connectivity index (χ4v) is 4.61. The van der Waals surface area contributed by atoms with Gasteiger partial charge in [-0.3, -0.25) is 4.79 Å². The summed E-state index contributed by atoms with van der Waals surface area (Å²) in [5, 5.41) is 29.4. The maximum atomic E-state index is 13.0. The molecule has 1 fully saturated rings. The Hall–Kier alpha value is -2.99. The first-order chi connectivity index (χ1) is 14.6. The second kappa shape index (κ2) is 8.27. The quantitative estimate of drug-likeness (QED) is 0.423. The molecule has 2 aliphatic heterocycles. The van der Waals surface area contributed by atoms with Crippen molar-refractivity contribution in [2.24, 2.45) is 5.92 Å². The summed E-state index contributed by atoms with van der Waals surface area (Å²) in [4.78, 5) is 39.1. The van der Waals surface area contributed by atoms with Gasteiger partial charge in [-0.05, 0) is 19.4 Å². The van der Waals surface area contributed by atoms with Crippen LogP contribution in [-0.2, 0) is 28.6 Å². The number of hydrogen-bond acceptors (Lipinski definition) is 9. The number of carboxylic acids is 1. The van der Waals surface area contributed by atoms with E-state index in [-0.39, 0.29) is 23.6 Å². The Kier molecular flexibility index (Phi) is 6.05. The van der Waals surface area contributed by atoms with Gasteiger partial charge >= 0.3 is 17.9 Å². The van der Waals surface area contributed by atoms with Crippen molar-refractivity contribution in [2.75, 3.05) is 20.8 Å². The van der Waals surface area contributed by atoms with E-state index in [9.17, 15) is 29.9 Å². The van der Waals surface area contributed by atoms with Gasteiger partial charge in [0.2, 0.25) is 0 Å². The Bertz CT molecular complexity index is 944. The zero-order chi connectivity index (χ0) is 23.1. The molecular weight excluding hydrogens is 412 g/mol. The highest BCUT2D eigenvalue weighted by atomic mass is 16.8. The number of quaternary nitrogens is 1. The fraction of sp³-hybridized carbons (Fsp3) is 0.450. The molecule has 3 rings (SSSR count). The van der Waals surface area contributed by atoms with E-state index in [4.69, 9.17) is 14.2 Å². The predicted molar refractivity (Wildman–Crippen MR) is 103 cm³/mol. The number of fused-ring (bicyclic) bond motifs is 1. The number of aliphatic carboxylic acids is 1. The van der Waals surface area contributed by atoms with Crippen molar-refractivity contribution >= 4 is 23.6 Å². The Labute approximate surface area is 177 Å². The highest BCUT2D eigenvalue weighted by Gasteiger charge is 2.62. The number of rotatable bonds is 5. The molecule has 2 heterocycles. The summed E-state index contributed by atoms with van der Waals surface area (Å²) in [7, 11) is 2.34. The van der Waals surface area contributed by atoms with Gasteiger partial charge in [-0.1, -0.05) is 12.1 Å². The van der Waals surface area contributed by atoms with Crippen LogP contribution in [0.1, 0.15) is 25.3 Å². The third kappa shape index (κ3) is 3.55. The molecule has 11 nitrogen and oxygen atoms in total. The number of allylic oxidation sites excluding steroid dienone is 1. The molecule has 3 N–H and O–H groups in total. The molecule has 168 valence electrons. The monoisotopic (exact) mass is 436 g/mol. The van der Waals surface area contributed by atoms with Crippen LogP contribution >= 0.6 is 0 Å². The number of benzene rings is 1. The van der Waals surface area contributed by atoms with Crippen LogP contribution in [0.5, 0.6) is 0 Å². The van der Waals surface area contributed by atoms with Crippen molar-refractivity contribution in [3.63, 3.8) is 0 Å². The third-order valence-corrected chi connectivity index (χ3v) is 5.93. The van der Waals surface area contributed by atoms with Gasteiger partial charge in [-0.2, -0.15) is 5.23 Å². The average Bonchev–Trinajstić information content (AvgIpc) is 3.11. The lowest BCUT2D eigenvalue weighted by atomic mass is 9.71. The first-order valence-corrected chi connectivity index (χ1v) is 9.44. The van der Waals surface area contributed by atoms with Gasteiger partial charge in [0.05, 0.1) is 26.4 Å². The predicted octanol–water partition coefficient (Wildman–Crippen LogP) is -0.0750. The van der Waals surface area contributed by atoms with E-state index in [1.165, 1.54) is 37.3 Å². The first-order valence-electron chi connectivity index (χ1n) is 9.44. The van der Waals surface area contributed by atoms with Crippen LogP contribution in [0.4, 0.5) is 5.69 Å². The highest BCUT2D eigenvalue weighted by molar-refractivity contribution is 5.94. The summed E-state index contributed by atoms with van der Waals surface area (Å²) in [6.07, 6.45) is 0. The molecule has 2 aliphatic rings. The lowest BCUT2D eigenvalue weighted by molar-refractivity contribution is -0.991. The minimum atomic E-state index is -1.46. The molecule has 0 bridgehead atoms. The summed E-state index contributed by atoms with van der Waals surface area (Å²) in [5.41, 5.74) is -0.828. The number of methoxy groups -OCH3 is 2. The second-order valence-electron chi connectivity index (χ2n) is 7.49. The number of esters is 2. The molecule has 31 heavy (non-hydrogen) atoms. The van der Waals surface area contributed by atoms with Crippen LogP contribution in [-0.4, -0.2) is 65.7 Å². The van der Waals surface area contributed by atoms with E-state index in [1.54, 1.807) is 19.9 Å². The SMILES string of the molecule is COC(=O)C1=C(C)N2C(C(=O)O)COC2(C)C(C(=O)OC)C1c1cccc([NH+]([O-])O)c1. The van der Waals surface area contributed by atoms with Crippen molar-refractivity contribution in [1.82, 2.24) is 4.90 Å². The van der Waals surface area contributed by atoms with Gasteiger partial charge in [0, 0.05) is 23.7 Å². The lowest BCUT2D eigenvalue weighted by Gasteiger charge is -2.49. The summed E-state index contributed by atoms with van der Waals surface area (Å²) in [6, 6.07) is 4.70. The number of nitrogens with one attached hydrogen (secondary N) is 1. The number of carboxylic acid groups (broad SMARTS) is 1. The molecule has 5 unspecified atom stereocenters. The summed E-state index contributed by atoms with van der Waals surface area (Å²) in [5.74, 6) is -4.85. The number of carbonyl (C=O) groups excluding carboxylic acids is 2. The van der Waals surface area contributed by atoms with Gasteiger partial charge in [0.1, 0.15) is 5.92 Å². The zero-order valence-corrected chi connectivity index (χ0v) is 17.4. The number of ether oxygens (including phenoxy) is 3. The number of hydrogen-bond donors (Lipinski definition) is 3. The number of nitrogens with zero attached hydrogens (tertiary/aromatic N) is 1. The van der Waals surface area contributed by atoms with E-state index in [1.807, 2.05) is 0 Å². The van der Waals surface area contributed by atoms with Gasteiger partial charge in [0.25, 0.3) is 0 Å². The molecule has 1 aromatic carbocycles. The Balaban J connectivity index is 2.33. The van der Waals surface area contributed by atoms with Gasteiger partial charge in [-0.25, -0.2) is 14.8 Å². The average molecular weight is 436 g/mol. The van der Waals surface area contributed by atoms with E-state index in [2.05, 4.69) is 0 Å². The van der Waals surface area contributed by atoms with Crippen molar-refractivity contribution in [2.45, 2.75) is 31.5 Å². The van der Waals surface area contributed by atoms with Crippen LogP contribution in [0.25, 0.3) is 0 Å². The van der Waals surface area contributed by atoms with Crippen LogP contribution < -0.4 is 5.23 Å². The maximum absolute atomic E-state index is 13.0.